The molecular weight excluding hydrogens is 384 g/mol. The molecule has 2 fully saturated rings. The minimum absolute atomic E-state index is 0.778. The van der Waals surface area contributed by atoms with E-state index in [1.165, 1.54) is 19.3 Å². The van der Waals surface area contributed by atoms with Gasteiger partial charge in [-0.3, -0.25) is 21.7 Å². The van der Waals surface area contributed by atoms with Gasteiger partial charge in [-0.25, -0.2) is 0 Å². The smallest absolute Gasteiger partial charge is 0.0802 e. The molecule has 12 heteroatoms. The van der Waals surface area contributed by atoms with Crippen molar-refractivity contribution in [1.29, 1.82) is 0 Å². The van der Waals surface area contributed by atoms with Crippen LogP contribution in [-0.4, -0.2) is 71.0 Å². The zero-order valence-corrected chi connectivity index (χ0v) is 17.7. The largest absolute Gasteiger partial charge is 0.310 e. The first-order valence-electron chi connectivity index (χ1n) is 10.5. The summed E-state index contributed by atoms with van der Waals surface area (Å²) in [6.45, 7) is 8.28. The number of nitrogens with one attached hydrogen (secondary N) is 5. The molecule has 6 aliphatic heterocycles. The summed E-state index contributed by atoms with van der Waals surface area (Å²) in [6, 6.07) is 0. The summed E-state index contributed by atoms with van der Waals surface area (Å²) in [5.74, 6) is 0. The van der Waals surface area contributed by atoms with Crippen molar-refractivity contribution in [2.24, 2.45) is 35.8 Å². The zero-order chi connectivity index (χ0) is 21.2. The Bertz CT molecular complexity index is 438. The standard InChI is InChI=1S/2C3H8N2.2C3H6N2.2C3H4N2/c6*1-2-4-5-3-1/h2*4-5H,1-3H2;1-3H2;2,5H,1,3H2;2-3H,1H2;1-2H,3H2. The Labute approximate surface area is 178 Å². The van der Waals surface area contributed by atoms with Crippen molar-refractivity contribution in [3.8, 4) is 0 Å². The Hall–Kier alpha value is -2.41. The number of hydrogen-bond acceptors (Lipinski definition) is 12. The van der Waals surface area contributed by atoms with Crippen LogP contribution in [0.3, 0.4) is 0 Å². The van der Waals surface area contributed by atoms with Gasteiger partial charge in [0.25, 0.3) is 0 Å². The third-order valence-corrected chi connectivity index (χ3v) is 3.52. The average Bonchev–Trinajstić information content (AvgIpc) is 3.69. The number of rotatable bonds is 0. The molecule has 0 saturated carbocycles. The minimum Gasteiger partial charge on any atom is -0.310 e. The van der Waals surface area contributed by atoms with E-state index in [0.717, 1.165) is 65.2 Å². The van der Waals surface area contributed by atoms with Gasteiger partial charge < -0.3 is 5.43 Å². The van der Waals surface area contributed by atoms with Crippen LogP contribution in [0.4, 0.5) is 0 Å². The molecule has 12 nitrogen and oxygen atoms in total. The SMILES string of the molecule is C1=CN=NC1.C1=NN=CC1.C1=NNCC1.C1CN=NC1.C1CNNC1.C1CNNC1. The van der Waals surface area contributed by atoms with Gasteiger partial charge in [-0.15, -0.1) is 0 Å². The van der Waals surface area contributed by atoms with Crippen LogP contribution in [0, 0.1) is 0 Å². The van der Waals surface area contributed by atoms with Crippen LogP contribution < -0.4 is 27.1 Å². The van der Waals surface area contributed by atoms with E-state index in [-0.39, 0.29) is 0 Å². The first-order valence-corrected chi connectivity index (χ1v) is 10.5. The summed E-state index contributed by atoms with van der Waals surface area (Å²) in [5.41, 5.74) is 14.7. The molecule has 0 bridgehead atoms. The Morgan fingerprint density at radius 3 is 1.43 bits per heavy atom. The fourth-order valence-electron chi connectivity index (χ4n) is 2.03. The second-order valence-electron chi connectivity index (χ2n) is 6.16. The molecule has 5 N–H and O–H groups in total. The topological polar surface area (TPSA) is 147 Å². The average molecular weight is 421 g/mol. The Morgan fingerprint density at radius 2 is 1.27 bits per heavy atom. The van der Waals surface area contributed by atoms with E-state index in [2.05, 4.69) is 62.9 Å². The van der Waals surface area contributed by atoms with Gasteiger partial charge in [0, 0.05) is 70.4 Å². The first-order chi connectivity index (χ1) is 15.0. The molecule has 0 aliphatic carbocycles. The molecule has 0 radical (unpaired) electrons. The molecule has 0 spiro atoms. The van der Waals surface area contributed by atoms with Gasteiger partial charge in [-0.2, -0.15) is 35.8 Å². The number of hydrazone groups is 1. The van der Waals surface area contributed by atoms with Crippen LogP contribution in [-0.2, 0) is 0 Å². The quantitative estimate of drug-likeness (QED) is 0.399. The van der Waals surface area contributed by atoms with Crippen molar-refractivity contribution in [3.05, 3.63) is 12.3 Å². The minimum atomic E-state index is 0.778. The lowest BCUT2D eigenvalue weighted by atomic mass is 10.5. The molecule has 0 atom stereocenters. The molecule has 168 valence electrons. The second kappa shape index (κ2) is 22.9. The van der Waals surface area contributed by atoms with E-state index in [9.17, 15) is 0 Å². The Balaban J connectivity index is 0.000000180. The highest BCUT2D eigenvalue weighted by molar-refractivity contribution is 5.82. The summed E-state index contributed by atoms with van der Waals surface area (Å²) in [5, 5.41) is 25.3. The van der Waals surface area contributed by atoms with E-state index in [0.29, 0.717) is 0 Å². The van der Waals surface area contributed by atoms with E-state index in [1.807, 2.05) is 12.3 Å². The highest BCUT2D eigenvalue weighted by Crippen LogP contribution is 1.91. The molecule has 30 heavy (non-hydrogen) atoms. The lowest BCUT2D eigenvalue weighted by molar-refractivity contribution is 0.689. The lowest BCUT2D eigenvalue weighted by Crippen LogP contribution is -2.21. The molecular formula is C18H36N12. The number of hydrazine groups is 2. The van der Waals surface area contributed by atoms with E-state index in [1.54, 1.807) is 18.6 Å². The molecule has 6 aliphatic rings. The predicted molar refractivity (Wildman–Crippen MR) is 122 cm³/mol. The first kappa shape index (κ1) is 25.6. The number of nitrogens with zero attached hydrogens (tertiary/aromatic N) is 7. The maximum atomic E-state index is 3.71. The monoisotopic (exact) mass is 420 g/mol. The van der Waals surface area contributed by atoms with Crippen LogP contribution in [0.15, 0.2) is 48.0 Å². The van der Waals surface area contributed by atoms with Gasteiger partial charge in [0.1, 0.15) is 0 Å². The van der Waals surface area contributed by atoms with Gasteiger partial charge in [0.2, 0.25) is 0 Å². The molecule has 0 unspecified atom stereocenters. The summed E-state index contributed by atoms with van der Waals surface area (Å²) in [7, 11) is 0. The normalized spacial score (nSPS) is 20.5. The van der Waals surface area contributed by atoms with Crippen LogP contribution in [0.25, 0.3) is 0 Å². The van der Waals surface area contributed by atoms with Crippen LogP contribution in [0.1, 0.15) is 32.1 Å². The van der Waals surface area contributed by atoms with Gasteiger partial charge in [0.15, 0.2) is 0 Å². The third kappa shape index (κ3) is 20.3. The zero-order valence-electron chi connectivity index (χ0n) is 17.7. The van der Waals surface area contributed by atoms with E-state index >= 15 is 0 Å². The molecule has 6 rings (SSSR count). The molecule has 0 amide bonds. The van der Waals surface area contributed by atoms with E-state index < -0.39 is 0 Å². The lowest BCUT2D eigenvalue weighted by Gasteiger charge is -1.81. The predicted octanol–water partition coefficient (Wildman–Crippen LogP) is 1.19. The van der Waals surface area contributed by atoms with Crippen LogP contribution >= 0.6 is 0 Å². The summed E-state index contributed by atoms with van der Waals surface area (Å²) in [6.07, 6.45) is 14.7. The highest BCUT2D eigenvalue weighted by atomic mass is 15.4. The van der Waals surface area contributed by atoms with Crippen LogP contribution in [0.2, 0.25) is 0 Å². The molecule has 6 heterocycles. The summed E-state index contributed by atoms with van der Waals surface area (Å²) in [4.78, 5) is 0. The Morgan fingerprint density at radius 1 is 0.633 bits per heavy atom. The summed E-state index contributed by atoms with van der Waals surface area (Å²) < 4.78 is 0. The van der Waals surface area contributed by atoms with Gasteiger partial charge in [0.05, 0.1) is 19.6 Å². The fourth-order valence-corrected chi connectivity index (χ4v) is 2.03. The molecule has 0 aromatic rings. The number of hydrogen-bond donors (Lipinski definition) is 5. The summed E-state index contributed by atoms with van der Waals surface area (Å²) >= 11 is 0. The highest BCUT2D eigenvalue weighted by Gasteiger charge is 1.92. The molecule has 2 saturated heterocycles. The number of azo groups is 2. The van der Waals surface area contributed by atoms with Crippen molar-refractivity contribution in [1.82, 2.24) is 27.1 Å². The maximum absolute atomic E-state index is 3.71. The second-order valence-corrected chi connectivity index (χ2v) is 6.16. The van der Waals surface area contributed by atoms with Crippen molar-refractivity contribution in [2.45, 2.75) is 32.1 Å². The molecule has 0 aromatic heterocycles. The molecule has 0 aromatic carbocycles. The fraction of sp³-hybridized carbons (Fsp3) is 0.722. The van der Waals surface area contributed by atoms with Gasteiger partial charge >= 0.3 is 0 Å². The van der Waals surface area contributed by atoms with E-state index in [4.69, 9.17) is 0 Å². The van der Waals surface area contributed by atoms with Gasteiger partial charge in [-0.1, -0.05) is 0 Å². The third-order valence-electron chi connectivity index (χ3n) is 3.52. The van der Waals surface area contributed by atoms with Crippen molar-refractivity contribution in [3.63, 3.8) is 0 Å². The maximum Gasteiger partial charge on any atom is 0.0802 e. The Kier molecular flexibility index (Phi) is 19.5. The van der Waals surface area contributed by atoms with Gasteiger partial charge in [-0.05, 0) is 25.3 Å². The van der Waals surface area contributed by atoms with Crippen molar-refractivity contribution in [2.75, 3.05) is 52.4 Å². The van der Waals surface area contributed by atoms with Crippen molar-refractivity contribution < 1.29 is 0 Å². The van der Waals surface area contributed by atoms with Crippen LogP contribution in [0.5, 0.6) is 0 Å². The van der Waals surface area contributed by atoms with Crippen molar-refractivity contribution >= 4 is 18.6 Å².